The fourth-order valence-corrected chi connectivity index (χ4v) is 9.41. The summed E-state index contributed by atoms with van der Waals surface area (Å²) >= 11 is 0. The molecule has 0 amide bonds. The molecule has 0 radical (unpaired) electrons. The van der Waals surface area contributed by atoms with E-state index in [-0.39, 0.29) is 21.7 Å². The number of rotatable bonds is 9. The molecular formula is C62H62N2. The number of fused-ring (bicyclic) bond motifs is 3. The van der Waals surface area contributed by atoms with Crippen LogP contribution < -0.4 is 4.90 Å². The van der Waals surface area contributed by atoms with Gasteiger partial charge >= 0.3 is 0 Å². The number of benzene rings is 8. The zero-order chi connectivity index (χ0) is 45.0. The molecule has 1 heterocycles. The molecule has 0 atom stereocenters. The van der Waals surface area contributed by atoms with Gasteiger partial charge in [-0.25, -0.2) is 0 Å². The van der Waals surface area contributed by atoms with E-state index < -0.39 is 0 Å². The topological polar surface area (TPSA) is 8.17 Å². The fourth-order valence-electron chi connectivity index (χ4n) is 9.41. The quantitative estimate of drug-likeness (QED) is 0.141. The van der Waals surface area contributed by atoms with E-state index in [9.17, 15) is 0 Å². The highest BCUT2D eigenvalue weighted by atomic mass is 15.1. The lowest BCUT2D eigenvalue weighted by Crippen LogP contribution is -2.23. The molecule has 0 aliphatic heterocycles. The molecule has 0 aliphatic carbocycles. The monoisotopic (exact) mass is 834 g/mol. The highest BCUT2D eigenvalue weighted by molar-refractivity contribution is 6.12. The van der Waals surface area contributed by atoms with Crippen molar-refractivity contribution in [2.24, 2.45) is 0 Å². The average molecular weight is 835 g/mol. The van der Waals surface area contributed by atoms with E-state index in [1.165, 1.54) is 66.3 Å². The van der Waals surface area contributed by atoms with Crippen molar-refractivity contribution in [1.82, 2.24) is 4.57 Å². The Morgan fingerprint density at radius 1 is 0.312 bits per heavy atom. The van der Waals surface area contributed by atoms with Crippen molar-refractivity contribution in [3.05, 3.63) is 228 Å². The molecule has 9 rings (SSSR count). The first-order valence-corrected chi connectivity index (χ1v) is 22.9. The second-order valence-electron chi connectivity index (χ2n) is 20.8. The van der Waals surface area contributed by atoms with E-state index in [1.807, 2.05) is 0 Å². The van der Waals surface area contributed by atoms with Crippen LogP contribution in [0.4, 0.5) is 17.1 Å². The Morgan fingerprint density at radius 2 is 0.719 bits per heavy atom. The molecule has 9 aromatic rings. The van der Waals surface area contributed by atoms with Gasteiger partial charge in [-0.05, 0) is 122 Å². The highest BCUT2D eigenvalue weighted by Crippen LogP contribution is 2.44. The summed E-state index contributed by atoms with van der Waals surface area (Å²) in [5.41, 5.74) is 16.7. The molecule has 2 nitrogen and oxygen atoms in total. The van der Waals surface area contributed by atoms with Crippen LogP contribution in [0.25, 0.3) is 38.6 Å². The number of nitrogens with zero attached hydrogens (tertiary/aromatic N) is 2. The summed E-state index contributed by atoms with van der Waals surface area (Å²) in [7, 11) is 0. The Kier molecular flexibility index (Phi) is 10.8. The van der Waals surface area contributed by atoms with Crippen molar-refractivity contribution in [3.8, 4) is 16.8 Å². The maximum Gasteiger partial charge on any atom is 0.0542 e. The zero-order valence-electron chi connectivity index (χ0n) is 39.4. The van der Waals surface area contributed by atoms with E-state index in [1.54, 1.807) is 0 Å². The number of hydrogen-bond donors (Lipinski definition) is 0. The van der Waals surface area contributed by atoms with Crippen LogP contribution >= 0.6 is 0 Å². The number of anilines is 3. The Hall–Kier alpha value is -6.64. The highest BCUT2D eigenvalue weighted by Gasteiger charge is 2.30. The second-order valence-corrected chi connectivity index (χ2v) is 20.8. The Balaban J connectivity index is 1.31. The predicted molar refractivity (Wildman–Crippen MR) is 275 cm³/mol. The summed E-state index contributed by atoms with van der Waals surface area (Å²) in [5.74, 6) is 0. The third-order valence-corrected chi connectivity index (χ3v) is 13.7. The van der Waals surface area contributed by atoms with Crippen LogP contribution in [-0.2, 0) is 21.7 Å². The lowest BCUT2D eigenvalue weighted by Gasteiger charge is -2.32. The third-order valence-electron chi connectivity index (χ3n) is 13.7. The number of aromatic nitrogens is 1. The van der Waals surface area contributed by atoms with Crippen LogP contribution in [0, 0.1) is 0 Å². The van der Waals surface area contributed by atoms with Crippen molar-refractivity contribution >= 4 is 38.9 Å². The van der Waals surface area contributed by atoms with Gasteiger partial charge in [-0.1, -0.05) is 197 Å². The number of hydrogen-bond acceptors (Lipinski definition) is 1. The smallest absolute Gasteiger partial charge is 0.0542 e. The molecule has 0 unspecified atom stereocenters. The molecule has 0 saturated heterocycles. The van der Waals surface area contributed by atoms with Gasteiger partial charge in [0.25, 0.3) is 0 Å². The maximum atomic E-state index is 2.51. The van der Waals surface area contributed by atoms with E-state index >= 15 is 0 Å². The van der Waals surface area contributed by atoms with E-state index in [0.717, 1.165) is 22.7 Å². The lowest BCUT2D eigenvalue weighted by atomic mass is 9.73. The van der Waals surface area contributed by atoms with Crippen LogP contribution in [0.15, 0.2) is 194 Å². The second kappa shape index (κ2) is 16.2. The molecule has 64 heavy (non-hydrogen) atoms. The SMILES string of the molecule is CC(C)(C)c1ccc(N(c2ccc(C(C)(C)C)cc2)c2ccc3c(c2)c2cc(-c4ccccc4)ccc2n3-c2cc(C(C)(C)c3ccccc3)cc(C(C)(C)c3ccccc3)c2)cc1. The van der Waals surface area contributed by atoms with Crippen molar-refractivity contribution in [3.63, 3.8) is 0 Å². The van der Waals surface area contributed by atoms with Crippen molar-refractivity contribution < 1.29 is 0 Å². The van der Waals surface area contributed by atoms with E-state index in [2.05, 4.69) is 273 Å². The van der Waals surface area contributed by atoms with E-state index in [4.69, 9.17) is 0 Å². The molecule has 0 spiro atoms. The summed E-state index contributed by atoms with van der Waals surface area (Å²) in [6.45, 7) is 23.1. The summed E-state index contributed by atoms with van der Waals surface area (Å²) < 4.78 is 2.51. The molecule has 320 valence electrons. The van der Waals surface area contributed by atoms with Gasteiger partial charge in [-0.3, -0.25) is 0 Å². The first-order chi connectivity index (χ1) is 30.5. The zero-order valence-corrected chi connectivity index (χ0v) is 39.4. The van der Waals surface area contributed by atoms with Crippen LogP contribution in [0.2, 0.25) is 0 Å². The molecule has 0 N–H and O–H groups in total. The minimum Gasteiger partial charge on any atom is -0.310 e. The Morgan fingerprint density at radius 3 is 1.17 bits per heavy atom. The van der Waals surface area contributed by atoms with Crippen LogP contribution in [0.1, 0.15) is 103 Å². The molecule has 0 saturated carbocycles. The van der Waals surface area contributed by atoms with Gasteiger partial charge in [-0.2, -0.15) is 0 Å². The fraction of sp³-hybridized carbons (Fsp3) is 0.226. The standard InChI is InChI=1S/C62H62N2/c1-59(2,3)45-27-31-51(32-28-45)63(52-33-29-46(30-34-52)60(4,5)6)53-35-37-58-56(42-53)55-38-44(43-20-14-11-15-21-43)26-36-57(55)64(58)54-40-49(61(7,8)47-22-16-12-17-23-47)39-50(41-54)62(9,10)48-24-18-13-19-25-48/h11-42H,1-10H3. The van der Waals surface area contributed by atoms with Gasteiger partial charge in [0, 0.05) is 44.4 Å². The first kappa shape index (κ1) is 42.7. The first-order valence-electron chi connectivity index (χ1n) is 22.9. The third kappa shape index (κ3) is 7.96. The van der Waals surface area contributed by atoms with Crippen molar-refractivity contribution in [2.45, 2.75) is 90.9 Å². The lowest BCUT2D eigenvalue weighted by molar-refractivity contribution is 0.590. The van der Waals surface area contributed by atoms with E-state index in [0.29, 0.717) is 0 Å². The van der Waals surface area contributed by atoms with Crippen molar-refractivity contribution in [1.29, 1.82) is 0 Å². The van der Waals surface area contributed by atoms with Crippen LogP contribution in [0.3, 0.4) is 0 Å². The summed E-state index contributed by atoms with van der Waals surface area (Å²) in [4.78, 5) is 2.42. The van der Waals surface area contributed by atoms with Gasteiger partial charge in [0.15, 0.2) is 0 Å². The molecule has 1 aromatic heterocycles. The molecule has 0 bridgehead atoms. The van der Waals surface area contributed by atoms with Gasteiger partial charge in [0.05, 0.1) is 11.0 Å². The van der Waals surface area contributed by atoms with Gasteiger partial charge in [0.2, 0.25) is 0 Å². The van der Waals surface area contributed by atoms with Gasteiger partial charge in [0.1, 0.15) is 0 Å². The minimum atomic E-state index is -0.253. The molecule has 0 aliphatic rings. The van der Waals surface area contributed by atoms with Crippen molar-refractivity contribution in [2.75, 3.05) is 4.90 Å². The van der Waals surface area contributed by atoms with Crippen LogP contribution in [0.5, 0.6) is 0 Å². The minimum absolute atomic E-state index is 0.0543. The summed E-state index contributed by atoms with van der Waals surface area (Å²) in [6.07, 6.45) is 0. The molecule has 8 aromatic carbocycles. The molecule has 2 heteroatoms. The van der Waals surface area contributed by atoms with Crippen LogP contribution in [-0.4, -0.2) is 4.57 Å². The average Bonchev–Trinajstić information content (AvgIpc) is 3.62. The summed E-state index contributed by atoms with van der Waals surface area (Å²) in [6, 6.07) is 72.5. The maximum absolute atomic E-state index is 2.51. The molecule has 0 fully saturated rings. The largest absolute Gasteiger partial charge is 0.310 e. The molecular weight excluding hydrogens is 773 g/mol. The normalized spacial score (nSPS) is 12.5. The predicted octanol–water partition coefficient (Wildman–Crippen LogP) is 17.2. The van der Waals surface area contributed by atoms with Gasteiger partial charge < -0.3 is 9.47 Å². The Bertz CT molecular complexity index is 2940. The van der Waals surface area contributed by atoms with Gasteiger partial charge in [-0.15, -0.1) is 0 Å². The summed E-state index contributed by atoms with van der Waals surface area (Å²) in [5, 5.41) is 2.44. The Labute approximate surface area is 381 Å².